The third kappa shape index (κ3) is 3.64. The van der Waals surface area contributed by atoms with Crippen molar-refractivity contribution >= 4 is 9.05 Å². The molecule has 0 saturated carbocycles. The third-order valence-corrected chi connectivity index (χ3v) is 3.60. The lowest BCUT2D eigenvalue weighted by atomic mass is 10.5. The molecule has 0 aliphatic heterocycles. The van der Waals surface area contributed by atoms with Crippen LogP contribution in [0.25, 0.3) is 0 Å². The summed E-state index contributed by atoms with van der Waals surface area (Å²) in [7, 11) is 0.264. The number of hydrogen-bond donors (Lipinski definition) is 0. The molecule has 0 fully saturated rings. The summed E-state index contributed by atoms with van der Waals surface area (Å²) in [5.41, 5.74) is 0. The van der Waals surface area contributed by atoms with E-state index in [4.69, 9.17) is 17.7 Å². The first kappa shape index (κ1) is 12.1. The molecule has 5 heteroatoms. The Bertz CT molecular complexity index is 114. The summed E-state index contributed by atoms with van der Waals surface area (Å²) < 4.78 is 21.0. The Morgan fingerprint density at radius 2 is 1.67 bits per heavy atom. The van der Waals surface area contributed by atoms with Crippen molar-refractivity contribution in [2.75, 3.05) is 20.8 Å². The van der Waals surface area contributed by atoms with Gasteiger partial charge in [0.05, 0.1) is 0 Å². The van der Waals surface area contributed by atoms with Crippen LogP contribution in [0.4, 0.5) is 0 Å². The monoisotopic (exact) mass is 194 g/mol. The van der Waals surface area contributed by atoms with Crippen molar-refractivity contribution in [3.05, 3.63) is 0 Å². The van der Waals surface area contributed by atoms with Crippen molar-refractivity contribution in [2.24, 2.45) is 0 Å². The van der Waals surface area contributed by atoms with Crippen LogP contribution in [-0.4, -0.2) is 36.0 Å². The smallest absolute Gasteiger partial charge is 0.355 e. The predicted molar refractivity (Wildman–Crippen MR) is 47.6 cm³/mol. The van der Waals surface area contributed by atoms with E-state index in [0.717, 1.165) is 0 Å². The highest BCUT2D eigenvalue weighted by Gasteiger charge is 2.43. The molecule has 4 nitrogen and oxygen atoms in total. The van der Waals surface area contributed by atoms with Crippen LogP contribution >= 0.6 is 0 Å². The van der Waals surface area contributed by atoms with Gasteiger partial charge < -0.3 is 17.7 Å². The Morgan fingerprint density at radius 1 is 1.17 bits per heavy atom. The van der Waals surface area contributed by atoms with Gasteiger partial charge in [0, 0.05) is 26.9 Å². The molecule has 0 saturated heterocycles. The zero-order chi connectivity index (χ0) is 9.61. The minimum absolute atomic E-state index is 0.0446. The molecule has 0 aromatic rings. The second kappa shape index (κ2) is 5.66. The summed E-state index contributed by atoms with van der Waals surface area (Å²) in [4.78, 5) is 0. The van der Waals surface area contributed by atoms with Crippen LogP contribution < -0.4 is 0 Å². The standard InChI is InChI=1S/C7H18O4Si/c1-6-10-12(8-4,9-5)11-7(2)3/h7H,6H2,1-5H3. The molecular weight excluding hydrogens is 176 g/mol. The highest BCUT2D eigenvalue weighted by atomic mass is 28.4. The van der Waals surface area contributed by atoms with Crippen molar-refractivity contribution in [3.8, 4) is 0 Å². The molecule has 0 amide bonds. The van der Waals surface area contributed by atoms with Crippen molar-refractivity contribution in [3.63, 3.8) is 0 Å². The topological polar surface area (TPSA) is 36.9 Å². The lowest BCUT2D eigenvalue weighted by Crippen LogP contribution is -2.49. The second-order valence-corrected chi connectivity index (χ2v) is 4.85. The fourth-order valence-corrected chi connectivity index (χ4v) is 2.39. The van der Waals surface area contributed by atoms with E-state index in [0.29, 0.717) is 6.61 Å². The molecule has 0 atom stereocenters. The molecule has 0 radical (unpaired) electrons. The maximum absolute atomic E-state index is 5.45. The molecule has 0 aliphatic carbocycles. The minimum Gasteiger partial charge on any atom is -0.355 e. The Kier molecular flexibility index (Phi) is 5.69. The summed E-state index contributed by atoms with van der Waals surface area (Å²) in [6.45, 7) is 6.24. The van der Waals surface area contributed by atoms with Gasteiger partial charge in [-0.05, 0) is 20.8 Å². The first-order valence-electron chi connectivity index (χ1n) is 4.02. The Hall–Kier alpha value is 0.0569. The van der Waals surface area contributed by atoms with Gasteiger partial charge in [-0.2, -0.15) is 0 Å². The van der Waals surface area contributed by atoms with Gasteiger partial charge in [-0.3, -0.25) is 0 Å². The van der Waals surface area contributed by atoms with Crippen LogP contribution in [0, 0.1) is 0 Å². The van der Waals surface area contributed by atoms with Gasteiger partial charge in [0.2, 0.25) is 0 Å². The van der Waals surface area contributed by atoms with Crippen molar-refractivity contribution < 1.29 is 17.7 Å². The SMILES string of the molecule is CCO[Si](OC)(OC)OC(C)C. The lowest BCUT2D eigenvalue weighted by molar-refractivity contribution is -0.0233. The maximum atomic E-state index is 5.45. The zero-order valence-corrected chi connectivity index (χ0v) is 9.42. The Labute approximate surface area is 75.3 Å². The fraction of sp³-hybridized carbons (Fsp3) is 1.00. The average Bonchev–Trinajstić information content (AvgIpc) is 2.03. The first-order valence-corrected chi connectivity index (χ1v) is 5.65. The van der Waals surface area contributed by atoms with Crippen LogP contribution in [0.15, 0.2) is 0 Å². The molecule has 0 heterocycles. The molecule has 0 aromatic heterocycles. The lowest BCUT2D eigenvalue weighted by Gasteiger charge is -2.26. The highest BCUT2D eigenvalue weighted by molar-refractivity contribution is 6.53. The molecule has 0 aromatic carbocycles. The van der Waals surface area contributed by atoms with Gasteiger partial charge >= 0.3 is 9.05 Å². The largest absolute Gasteiger partial charge is 0.679 e. The minimum atomic E-state index is -2.81. The van der Waals surface area contributed by atoms with E-state index in [1.54, 1.807) is 0 Å². The van der Waals surface area contributed by atoms with Gasteiger partial charge in [-0.1, -0.05) is 0 Å². The van der Waals surface area contributed by atoms with Crippen LogP contribution in [-0.2, 0) is 17.7 Å². The number of rotatable bonds is 6. The molecule has 12 heavy (non-hydrogen) atoms. The van der Waals surface area contributed by atoms with Gasteiger partial charge in [-0.15, -0.1) is 0 Å². The van der Waals surface area contributed by atoms with Gasteiger partial charge in [0.1, 0.15) is 0 Å². The molecule has 0 unspecified atom stereocenters. The molecule has 74 valence electrons. The highest BCUT2D eigenvalue weighted by Crippen LogP contribution is 2.11. The van der Waals surface area contributed by atoms with Gasteiger partial charge in [0.15, 0.2) is 0 Å². The third-order valence-electron chi connectivity index (χ3n) is 1.20. The first-order chi connectivity index (χ1) is 5.60. The normalized spacial score (nSPS) is 12.5. The Morgan fingerprint density at radius 3 is 1.92 bits per heavy atom. The summed E-state index contributed by atoms with van der Waals surface area (Å²) in [6.07, 6.45) is 0.0446. The van der Waals surface area contributed by atoms with Crippen LogP contribution in [0.3, 0.4) is 0 Å². The van der Waals surface area contributed by atoms with E-state index in [-0.39, 0.29) is 6.10 Å². The second-order valence-electron chi connectivity index (χ2n) is 2.51. The summed E-state index contributed by atoms with van der Waals surface area (Å²) in [5, 5.41) is 0. The van der Waals surface area contributed by atoms with E-state index in [1.165, 1.54) is 14.2 Å². The van der Waals surface area contributed by atoms with E-state index >= 15 is 0 Å². The zero-order valence-electron chi connectivity index (χ0n) is 8.42. The van der Waals surface area contributed by atoms with Crippen molar-refractivity contribution in [2.45, 2.75) is 26.9 Å². The van der Waals surface area contributed by atoms with Crippen LogP contribution in [0.1, 0.15) is 20.8 Å². The van der Waals surface area contributed by atoms with E-state index in [9.17, 15) is 0 Å². The molecule has 0 N–H and O–H groups in total. The summed E-state index contributed by atoms with van der Waals surface area (Å²) >= 11 is 0. The van der Waals surface area contributed by atoms with Gasteiger partial charge in [0.25, 0.3) is 0 Å². The molecule has 0 rings (SSSR count). The van der Waals surface area contributed by atoms with Crippen LogP contribution in [0.2, 0.25) is 0 Å². The van der Waals surface area contributed by atoms with E-state index in [2.05, 4.69) is 0 Å². The van der Waals surface area contributed by atoms with E-state index < -0.39 is 9.05 Å². The van der Waals surface area contributed by atoms with Crippen molar-refractivity contribution in [1.29, 1.82) is 0 Å². The fourth-order valence-electron chi connectivity index (χ4n) is 0.797. The molecule has 0 aliphatic rings. The van der Waals surface area contributed by atoms with Gasteiger partial charge in [-0.25, -0.2) is 0 Å². The Balaban J connectivity index is 4.13. The summed E-state index contributed by atoms with van der Waals surface area (Å²) in [5.74, 6) is 0. The maximum Gasteiger partial charge on any atom is 0.679 e. The van der Waals surface area contributed by atoms with Crippen LogP contribution in [0.5, 0.6) is 0 Å². The number of hydrogen-bond acceptors (Lipinski definition) is 4. The van der Waals surface area contributed by atoms with Crippen molar-refractivity contribution in [1.82, 2.24) is 0 Å². The average molecular weight is 194 g/mol. The predicted octanol–water partition coefficient (Wildman–Crippen LogP) is 1.18. The van der Waals surface area contributed by atoms with E-state index in [1.807, 2.05) is 20.8 Å². The quantitative estimate of drug-likeness (QED) is 0.595. The summed E-state index contributed by atoms with van der Waals surface area (Å²) in [6, 6.07) is 0. The molecule has 0 spiro atoms. The molecular formula is C7H18O4Si. The molecule has 0 bridgehead atoms.